The van der Waals surface area contributed by atoms with E-state index >= 15 is 0 Å². The van der Waals surface area contributed by atoms with Crippen LogP contribution in [-0.2, 0) is 6.42 Å². The predicted octanol–water partition coefficient (Wildman–Crippen LogP) is 3.70. The Morgan fingerprint density at radius 1 is 1.10 bits per heavy atom. The summed E-state index contributed by atoms with van der Waals surface area (Å²) in [6.45, 7) is 6.77. The summed E-state index contributed by atoms with van der Waals surface area (Å²) >= 11 is 1.97. The molecule has 3 rings (SSSR count). The minimum atomic E-state index is 0.413. The molecule has 2 nitrogen and oxygen atoms in total. The van der Waals surface area contributed by atoms with E-state index in [1.807, 2.05) is 11.3 Å². The number of nitrogens with zero attached hydrogens (tertiary/aromatic N) is 1. The maximum Gasteiger partial charge on any atom is 0.0696 e. The number of aryl methyl sites for hydroxylation is 1. The molecule has 0 bridgehead atoms. The molecule has 112 valence electrons. The van der Waals surface area contributed by atoms with Gasteiger partial charge in [-0.15, -0.1) is 11.3 Å². The zero-order valence-corrected chi connectivity index (χ0v) is 13.5. The average molecular weight is 300 g/mol. The van der Waals surface area contributed by atoms with Gasteiger partial charge in [-0.1, -0.05) is 37.3 Å². The fraction of sp³-hybridized carbons (Fsp3) is 0.444. The second-order valence-corrected chi connectivity index (χ2v) is 6.81. The Balaban J connectivity index is 1.93. The number of benzene rings is 1. The second-order valence-electron chi connectivity index (χ2n) is 5.61. The lowest BCUT2D eigenvalue weighted by Gasteiger charge is -2.30. The van der Waals surface area contributed by atoms with E-state index in [1.54, 1.807) is 0 Å². The summed E-state index contributed by atoms with van der Waals surface area (Å²) in [4.78, 5) is 5.61. The van der Waals surface area contributed by atoms with Crippen molar-refractivity contribution >= 4 is 11.3 Å². The first-order chi connectivity index (χ1) is 10.4. The fourth-order valence-corrected chi connectivity index (χ4v) is 4.16. The molecule has 0 saturated carbocycles. The van der Waals surface area contributed by atoms with Gasteiger partial charge >= 0.3 is 0 Å². The summed E-state index contributed by atoms with van der Waals surface area (Å²) in [5.74, 6) is 0. The van der Waals surface area contributed by atoms with Gasteiger partial charge in [0.1, 0.15) is 0 Å². The third-order valence-electron chi connectivity index (χ3n) is 4.16. The van der Waals surface area contributed by atoms with Crippen molar-refractivity contribution in [2.24, 2.45) is 0 Å². The molecule has 2 heterocycles. The first-order valence-corrected chi connectivity index (χ1v) is 8.78. The molecule has 1 fully saturated rings. The van der Waals surface area contributed by atoms with Crippen LogP contribution in [0.25, 0.3) is 0 Å². The van der Waals surface area contributed by atoms with Crippen LogP contribution in [0.3, 0.4) is 0 Å². The van der Waals surface area contributed by atoms with Gasteiger partial charge in [-0.2, -0.15) is 0 Å². The Labute approximate surface area is 131 Å². The van der Waals surface area contributed by atoms with Crippen LogP contribution in [0.2, 0.25) is 0 Å². The standard InChI is InChI=1S/C18H24N2S/c1-2-16-9-10-17(21-16)18(15-7-4-3-5-8-15)20-13-6-11-19-12-14-20/h3-5,7-10,18-19H,2,6,11-14H2,1H3. The molecule has 0 radical (unpaired) electrons. The zero-order chi connectivity index (χ0) is 14.5. The molecule has 1 aromatic carbocycles. The second kappa shape index (κ2) is 7.21. The molecule has 1 unspecified atom stereocenters. The van der Waals surface area contributed by atoms with Gasteiger partial charge in [0.25, 0.3) is 0 Å². The van der Waals surface area contributed by atoms with Gasteiger partial charge in [0.15, 0.2) is 0 Å². The van der Waals surface area contributed by atoms with Gasteiger partial charge in [-0.3, -0.25) is 4.90 Å². The van der Waals surface area contributed by atoms with E-state index in [9.17, 15) is 0 Å². The molecule has 1 aliphatic heterocycles. The lowest BCUT2D eigenvalue weighted by molar-refractivity contribution is 0.244. The van der Waals surface area contributed by atoms with Gasteiger partial charge in [-0.05, 0) is 37.1 Å². The van der Waals surface area contributed by atoms with Crippen LogP contribution in [0.5, 0.6) is 0 Å². The quantitative estimate of drug-likeness (QED) is 0.926. The van der Waals surface area contributed by atoms with Crippen molar-refractivity contribution in [1.29, 1.82) is 0 Å². The minimum absolute atomic E-state index is 0.413. The first kappa shape index (κ1) is 14.8. The van der Waals surface area contributed by atoms with Crippen molar-refractivity contribution in [1.82, 2.24) is 10.2 Å². The molecule has 0 spiro atoms. The van der Waals surface area contributed by atoms with Crippen molar-refractivity contribution in [2.75, 3.05) is 26.2 Å². The van der Waals surface area contributed by atoms with Crippen LogP contribution in [0, 0.1) is 0 Å². The Bertz CT molecular complexity index is 541. The lowest BCUT2D eigenvalue weighted by Crippen LogP contribution is -2.32. The van der Waals surface area contributed by atoms with Crippen LogP contribution in [0.4, 0.5) is 0 Å². The monoisotopic (exact) mass is 300 g/mol. The van der Waals surface area contributed by atoms with Gasteiger partial charge in [0.05, 0.1) is 6.04 Å². The smallest absolute Gasteiger partial charge is 0.0696 e. The summed E-state index contributed by atoms with van der Waals surface area (Å²) in [5, 5.41) is 3.51. The van der Waals surface area contributed by atoms with E-state index in [4.69, 9.17) is 0 Å². The highest BCUT2D eigenvalue weighted by Gasteiger charge is 2.24. The summed E-state index contributed by atoms with van der Waals surface area (Å²) in [7, 11) is 0. The lowest BCUT2D eigenvalue weighted by atomic mass is 10.0. The Morgan fingerprint density at radius 3 is 2.71 bits per heavy atom. The van der Waals surface area contributed by atoms with E-state index in [2.05, 4.69) is 59.6 Å². The van der Waals surface area contributed by atoms with Gasteiger partial charge in [0.2, 0.25) is 0 Å². The van der Waals surface area contributed by atoms with Crippen molar-refractivity contribution in [3.8, 4) is 0 Å². The Hall–Kier alpha value is -1.16. The summed E-state index contributed by atoms with van der Waals surface area (Å²) in [6, 6.07) is 16.0. The SMILES string of the molecule is CCc1ccc(C(c2ccccc2)N2CCCNCC2)s1. The van der Waals surface area contributed by atoms with Gasteiger partial charge in [0, 0.05) is 29.4 Å². The third-order valence-corrected chi connectivity index (χ3v) is 5.44. The highest BCUT2D eigenvalue weighted by molar-refractivity contribution is 7.12. The number of thiophene rings is 1. The molecule has 2 aromatic rings. The maximum atomic E-state index is 3.51. The van der Waals surface area contributed by atoms with Crippen LogP contribution < -0.4 is 5.32 Å². The molecule has 1 saturated heterocycles. The number of nitrogens with one attached hydrogen (secondary N) is 1. The van der Waals surface area contributed by atoms with Crippen LogP contribution in [0.15, 0.2) is 42.5 Å². The van der Waals surface area contributed by atoms with Crippen molar-refractivity contribution < 1.29 is 0 Å². The van der Waals surface area contributed by atoms with E-state index in [0.29, 0.717) is 6.04 Å². The molecule has 1 N–H and O–H groups in total. The molecule has 1 atom stereocenters. The third kappa shape index (κ3) is 3.54. The molecule has 0 amide bonds. The Kier molecular flexibility index (Phi) is 5.07. The van der Waals surface area contributed by atoms with Crippen molar-refractivity contribution in [3.63, 3.8) is 0 Å². The van der Waals surface area contributed by atoms with Gasteiger partial charge in [-0.25, -0.2) is 0 Å². The van der Waals surface area contributed by atoms with Crippen molar-refractivity contribution in [2.45, 2.75) is 25.8 Å². The average Bonchev–Trinajstić information content (AvgIpc) is 2.84. The first-order valence-electron chi connectivity index (χ1n) is 7.97. The minimum Gasteiger partial charge on any atom is -0.315 e. The maximum absolute atomic E-state index is 3.51. The number of hydrogen-bond acceptors (Lipinski definition) is 3. The van der Waals surface area contributed by atoms with Gasteiger partial charge < -0.3 is 5.32 Å². The summed E-state index contributed by atoms with van der Waals surface area (Å²) in [6.07, 6.45) is 2.36. The zero-order valence-electron chi connectivity index (χ0n) is 12.7. The highest BCUT2D eigenvalue weighted by Crippen LogP contribution is 2.33. The molecule has 21 heavy (non-hydrogen) atoms. The molecule has 1 aliphatic rings. The molecular weight excluding hydrogens is 276 g/mol. The van der Waals surface area contributed by atoms with E-state index < -0.39 is 0 Å². The van der Waals surface area contributed by atoms with Crippen LogP contribution >= 0.6 is 11.3 Å². The number of rotatable bonds is 4. The Morgan fingerprint density at radius 2 is 1.95 bits per heavy atom. The number of hydrogen-bond donors (Lipinski definition) is 1. The highest BCUT2D eigenvalue weighted by atomic mass is 32.1. The van der Waals surface area contributed by atoms with Crippen molar-refractivity contribution in [3.05, 3.63) is 57.8 Å². The predicted molar refractivity (Wildman–Crippen MR) is 91.0 cm³/mol. The molecule has 3 heteroatoms. The molecule has 1 aromatic heterocycles. The van der Waals surface area contributed by atoms with E-state index in [0.717, 1.165) is 26.1 Å². The normalized spacial score (nSPS) is 18.3. The summed E-state index contributed by atoms with van der Waals surface area (Å²) in [5.41, 5.74) is 1.42. The van der Waals surface area contributed by atoms with Crippen LogP contribution in [-0.4, -0.2) is 31.1 Å². The topological polar surface area (TPSA) is 15.3 Å². The van der Waals surface area contributed by atoms with E-state index in [-0.39, 0.29) is 0 Å². The van der Waals surface area contributed by atoms with Crippen LogP contribution in [0.1, 0.15) is 34.7 Å². The summed E-state index contributed by atoms with van der Waals surface area (Å²) < 4.78 is 0. The van der Waals surface area contributed by atoms with E-state index in [1.165, 1.54) is 28.3 Å². The fourth-order valence-electron chi connectivity index (χ4n) is 3.05. The largest absolute Gasteiger partial charge is 0.315 e. The molecular formula is C18H24N2S. The molecule has 0 aliphatic carbocycles.